The topological polar surface area (TPSA) is 66.0 Å². The molecule has 6 unspecified atom stereocenters. The van der Waals surface area contributed by atoms with Crippen LogP contribution in [-0.2, 0) is 12.8 Å². The maximum absolute atomic E-state index is 8.64. The fourth-order valence-electron chi connectivity index (χ4n) is 6.99. The molecule has 0 heterocycles. The fourth-order valence-corrected chi connectivity index (χ4v) is 6.99. The van der Waals surface area contributed by atoms with Crippen LogP contribution in [-0.4, -0.2) is 0 Å². The highest BCUT2D eigenvalue weighted by molar-refractivity contribution is 5.30. The highest BCUT2D eigenvalue weighted by atomic mass is 16.5. The molecule has 30 heavy (non-hydrogen) atoms. The van der Waals surface area contributed by atoms with Crippen molar-refractivity contribution in [3.8, 4) is 24.0 Å². The third-order valence-electron chi connectivity index (χ3n) is 7.96. The fraction of sp³-hybridized carbons (Fsp3) is 0.462. The predicted octanol–water partition coefficient (Wildman–Crippen LogP) is 5.49. The lowest BCUT2D eigenvalue weighted by atomic mass is 9.71. The molecule has 152 valence electrons. The van der Waals surface area contributed by atoms with Crippen molar-refractivity contribution in [1.29, 1.82) is 10.5 Å². The number of hydrogen-bond donors (Lipinski definition) is 0. The number of nitriles is 2. The molecule has 0 aromatic heterocycles. The van der Waals surface area contributed by atoms with E-state index in [0.717, 1.165) is 48.3 Å². The second-order valence-electron chi connectivity index (χ2n) is 9.32. The molecule has 3 saturated carbocycles. The quantitative estimate of drug-likeness (QED) is 0.604. The van der Waals surface area contributed by atoms with Gasteiger partial charge in [0.2, 0.25) is 0 Å². The van der Waals surface area contributed by atoms with Crippen molar-refractivity contribution in [1.82, 2.24) is 0 Å². The molecule has 0 aliphatic heterocycles. The first-order valence-corrected chi connectivity index (χ1v) is 11.0. The molecule has 2 aromatic carbocycles. The molecule has 3 aliphatic carbocycles. The van der Waals surface area contributed by atoms with Crippen molar-refractivity contribution in [2.75, 3.05) is 0 Å². The number of benzene rings is 2. The van der Waals surface area contributed by atoms with Crippen molar-refractivity contribution in [2.24, 2.45) is 35.5 Å². The lowest BCUT2D eigenvalue weighted by Crippen LogP contribution is -2.29. The van der Waals surface area contributed by atoms with Gasteiger partial charge in [-0.15, -0.1) is 10.5 Å². The maximum Gasteiger partial charge on any atom is 0.292 e. The van der Waals surface area contributed by atoms with Crippen LogP contribution in [0.15, 0.2) is 48.5 Å². The number of hydrogen-bond acceptors (Lipinski definition) is 4. The summed E-state index contributed by atoms with van der Waals surface area (Å²) in [6, 6.07) is 16.1. The van der Waals surface area contributed by atoms with Gasteiger partial charge in [0.15, 0.2) is 0 Å². The first-order chi connectivity index (χ1) is 14.7. The summed E-state index contributed by atoms with van der Waals surface area (Å²) in [6.07, 6.45) is 11.3. The van der Waals surface area contributed by atoms with E-state index in [2.05, 4.69) is 24.3 Å². The van der Waals surface area contributed by atoms with E-state index in [1.807, 2.05) is 24.3 Å². The van der Waals surface area contributed by atoms with Crippen LogP contribution in [0, 0.1) is 58.5 Å². The van der Waals surface area contributed by atoms with Gasteiger partial charge in [0.1, 0.15) is 11.5 Å². The SMILES string of the molecule is N#COc1ccc(CC2CC3CC2C2CCC(Cc4ccc(OC#N)cc4)C32)cc1. The zero-order chi connectivity index (χ0) is 20.5. The molecule has 3 aliphatic rings. The third-order valence-corrected chi connectivity index (χ3v) is 7.96. The zero-order valence-electron chi connectivity index (χ0n) is 17.0. The van der Waals surface area contributed by atoms with Gasteiger partial charge in [-0.2, -0.15) is 0 Å². The summed E-state index contributed by atoms with van der Waals surface area (Å²) in [6.45, 7) is 0. The first kappa shape index (κ1) is 19.0. The molecule has 5 rings (SSSR count). The van der Waals surface area contributed by atoms with E-state index in [9.17, 15) is 0 Å². The van der Waals surface area contributed by atoms with Crippen LogP contribution in [0.2, 0.25) is 0 Å². The van der Waals surface area contributed by atoms with Crippen molar-refractivity contribution in [3.63, 3.8) is 0 Å². The number of nitrogens with zero attached hydrogens (tertiary/aromatic N) is 2. The molecule has 0 saturated heterocycles. The highest BCUT2D eigenvalue weighted by Crippen LogP contribution is 2.63. The summed E-state index contributed by atoms with van der Waals surface area (Å²) in [5.41, 5.74) is 2.73. The average Bonchev–Trinajstić information content (AvgIpc) is 3.45. The molecule has 0 N–H and O–H groups in total. The van der Waals surface area contributed by atoms with Gasteiger partial charge in [0, 0.05) is 0 Å². The molecule has 4 heteroatoms. The highest BCUT2D eigenvalue weighted by Gasteiger charge is 2.56. The Morgan fingerprint density at radius 3 is 1.83 bits per heavy atom. The Morgan fingerprint density at radius 2 is 1.27 bits per heavy atom. The van der Waals surface area contributed by atoms with Gasteiger partial charge in [-0.1, -0.05) is 24.3 Å². The second-order valence-corrected chi connectivity index (χ2v) is 9.32. The molecule has 2 aromatic rings. The lowest BCUT2D eigenvalue weighted by molar-refractivity contribution is 0.159. The minimum Gasteiger partial charge on any atom is -0.388 e. The monoisotopic (exact) mass is 398 g/mol. The summed E-state index contributed by atoms with van der Waals surface area (Å²) in [5, 5.41) is 17.3. The second kappa shape index (κ2) is 8.04. The maximum atomic E-state index is 8.64. The molecule has 6 atom stereocenters. The summed E-state index contributed by atoms with van der Waals surface area (Å²) in [7, 11) is 0. The van der Waals surface area contributed by atoms with E-state index >= 15 is 0 Å². The van der Waals surface area contributed by atoms with Crippen LogP contribution >= 0.6 is 0 Å². The largest absolute Gasteiger partial charge is 0.388 e. The van der Waals surface area contributed by atoms with E-state index < -0.39 is 0 Å². The van der Waals surface area contributed by atoms with E-state index in [-0.39, 0.29) is 0 Å². The minimum absolute atomic E-state index is 0.625. The summed E-state index contributed by atoms with van der Waals surface area (Å²) in [4.78, 5) is 0. The van der Waals surface area contributed by atoms with Gasteiger partial charge in [0.25, 0.3) is 12.5 Å². The van der Waals surface area contributed by atoms with Gasteiger partial charge in [-0.05, 0) is 109 Å². The van der Waals surface area contributed by atoms with Crippen LogP contribution in [0.25, 0.3) is 0 Å². The molecular weight excluding hydrogens is 372 g/mol. The zero-order valence-corrected chi connectivity index (χ0v) is 17.0. The third kappa shape index (κ3) is 3.52. The van der Waals surface area contributed by atoms with Gasteiger partial charge in [-0.25, -0.2) is 0 Å². The normalized spacial score (nSPS) is 31.0. The van der Waals surface area contributed by atoms with Gasteiger partial charge in [-0.3, -0.25) is 0 Å². The average molecular weight is 399 g/mol. The van der Waals surface area contributed by atoms with Gasteiger partial charge < -0.3 is 9.47 Å². The Balaban J connectivity index is 1.21. The molecule has 0 radical (unpaired) electrons. The van der Waals surface area contributed by atoms with Crippen LogP contribution in [0.5, 0.6) is 11.5 Å². The lowest BCUT2D eigenvalue weighted by Gasteiger charge is -2.34. The summed E-state index contributed by atoms with van der Waals surface area (Å²) in [5.74, 6) is 6.43. The first-order valence-electron chi connectivity index (χ1n) is 11.0. The van der Waals surface area contributed by atoms with E-state index in [1.54, 1.807) is 12.5 Å². The molecule has 4 nitrogen and oxygen atoms in total. The predicted molar refractivity (Wildman–Crippen MR) is 112 cm³/mol. The smallest absolute Gasteiger partial charge is 0.292 e. The standard InChI is InChI=1S/C26H26N2O2/c27-15-29-22-6-1-17(2-7-22)11-19-5-10-24-25-14-21(26(19)24)13-20(25)12-18-3-8-23(9-4-18)30-16-28/h1-4,6-9,19-21,24-26H,5,10-14H2. The Hall–Kier alpha value is -2.98. The molecule has 3 fully saturated rings. The van der Waals surface area contributed by atoms with Gasteiger partial charge in [0.05, 0.1) is 0 Å². The van der Waals surface area contributed by atoms with Crippen molar-refractivity contribution < 1.29 is 9.47 Å². The Morgan fingerprint density at radius 1 is 0.700 bits per heavy atom. The van der Waals surface area contributed by atoms with Crippen molar-refractivity contribution in [2.45, 2.75) is 38.5 Å². The van der Waals surface area contributed by atoms with E-state index in [1.165, 1.54) is 36.8 Å². The molecule has 0 spiro atoms. The Labute approximate surface area is 178 Å². The van der Waals surface area contributed by atoms with Gasteiger partial charge >= 0.3 is 0 Å². The van der Waals surface area contributed by atoms with E-state index in [4.69, 9.17) is 20.0 Å². The van der Waals surface area contributed by atoms with Crippen LogP contribution in [0.3, 0.4) is 0 Å². The Kier molecular flexibility index (Phi) is 5.09. The van der Waals surface area contributed by atoms with Crippen molar-refractivity contribution in [3.05, 3.63) is 59.7 Å². The molecular formula is C26H26N2O2. The van der Waals surface area contributed by atoms with Crippen molar-refractivity contribution >= 4 is 0 Å². The van der Waals surface area contributed by atoms with E-state index in [0.29, 0.717) is 11.5 Å². The Bertz CT molecular complexity index is 970. The molecule has 0 amide bonds. The summed E-state index contributed by atoms with van der Waals surface area (Å²) >= 11 is 0. The molecule has 2 bridgehead atoms. The van der Waals surface area contributed by atoms with Crippen LogP contribution < -0.4 is 9.47 Å². The van der Waals surface area contributed by atoms with Crippen LogP contribution in [0.1, 0.15) is 36.8 Å². The number of fused-ring (bicyclic) bond motifs is 5. The minimum atomic E-state index is 0.625. The van der Waals surface area contributed by atoms with Crippen LogP contribution in [0.4, 0.5) is 0 Å². The summed E-state index contributed by atoms with van der Waals surface area (Å²) < 4.78 is 9.80. The number of rotatable bonds is 6. The number of ether oxygens (including phenoxy) is 2.